The first-order valence-corrected chi connectivity index (χ1v) is 7.89. The molecule has 2 saturated heterocycles. The molecule has 20 heavy (non-hydrogen) atoms. The molecule has 0 bridgehead atoms. The fourth-order valence-corrected chi connectivity index (χ4v) is 3.20. The number of aliphatic hydroxyl groups is 2. The van der Waals surface area contributed by atoms with Gasteiger partial charge in [0.25, 0.3) is 0 Å². The number of hydrogen-bond donors (Lipinski definition) is 2. The standard InChI is InChI=1S/C15H28N2O3/c1-12(18)13(10-16-8-5-14(19)6-9-16)11-17-7-3-2-4-15(17)20/h13-15,19-20H,2-11H2,1H3. The molecule has 2 unspecified atom stereocenters. The predicted octanol–water partition coefficient (Wildman–Crippen LogP) is 0.453. The van der Waals surface area contributed by atoms with Gasteiger partial charge in [0.1, 0.15) is 12.0 Å². The lowest BCUT2D eigenvalue weighted by molar-refractivity contribution is -0.124. The molecule has 0 aromatic rings. The van der Waals surface area contributed by atoms with Crippen molar-refractivity contribution in [3.8, 4) is 0 Å². The van der Waals surface area contributed by atoms with Crippen LogP contribution in [0.3, 0.4) is 0 Å². The van der Waals surface area contributed by atoms with Crippen LogP contribution < -0.4 is 0 Å². The van der Waals surface area contributed by atoms with E-state index in [1.54, 1.807) is 6.92 Å². The van der Waals surface area contributed by atoms with E-state index in [4.69, 9.17) is 0 Å². The molecule has 0 spiro atoms. The molecule has 2 N–H and O–H groups in total. The summed E-state index contributed by atoms with van der Waals surface area (Å²) in [7, 11) is 0. The summed E-state index contributed by atoms with van der Waals surface area (Å²) in [6.07, 6.45) is 4.05. The lowest BCUT2D eigenvalue weighted by Crippen LogP contribution is -2.47. The molecular weight excluding hydrogens is 256 g/mol. The van der Waals surface area contributed by atoms with E-state index >= 15 is 0 Å². The van der Waals surface area contributed by atoms with Crippen LogP contribution in [0.15, 0.2) is 0 Å². The number of nitrogens with zero attached hydrogens (tertiary/aromatic N) is 2. The van der Waals surface area contributed by atoms with Gasteiger partial charge in [-0.25, -0.2) is 0 Å². The van der Waals surface area contributed by atoms with Gasteiger partial charge >= 0.3 is 0 Å². The van der Waals surface area contributed by atoms with E-state index in [1.165, 1.54) is 0 Å². The molecule has 0 saturated carbocycles. The van der Waals surface area contributed by atoms with Crippen molar-refractivity contribution in [2.75, 3.05) is 32.7 Å². The maximum atomic E-state index is 11.9. The smallest absolute Gasteiger partial charge is 0.135 e. The first kappa shape index (κ1) is 15.9. The Morgan fingerprint density at radius 1 is 1.10 bits per heavy atom. The van der Waals surface area contributed by atoms with E-state index < -0.39 is 0 Å². The van der Waals surface area contributed by atoms with E-state index in [1.807, 2.05) is 4.90 Å². The van der Waals surface area contributed by atoms with E-state index in [-0.39, 0.29) is 24.0 Å². The van der Waals surface area contributed by atoms with Crippen molar-refractivity contribution in [3.63, 3.8) is 0 Å². The molecule has 0 aliphatic carbocycles. The summed E-state index contributed by atoms with van der Waals surface area (Å²) >= 11 is 0. The summed E-state index contributed by atoms with van der Waals surface area (Å²) in [5.74, 6) is 0.173. The minimum Gasteiger partial charge on any atom is -0.393 e. The maximum absolute atomic E-state index is 11.9. The van der Waals surface area contributed by atoms with Gasteiger partial charge in [-0.2, -0.15) is 0 Å². The lowest BCUT2D eigenvalue weighted by atomic mass is 9.99. The van der Waals surface area contributed by atoms with Crippen molar-refractivity contribution in [2.24, 2.45) is 5.92 Å². The third-order valence-corrected chi connectivity index (χ3v) is 4.64. The van der Waals surface area contributed by atoms with Gasteiger partial charge in [-0.1, -0.05) is 0 Å². The highest BCUT2D eigenvalue weighted by molar-refractivity contribution is 5.78. The average molecular weight is 284 g/mol. The third kappa shape index (κ3) is 4.52. The SMILES string of the molecule is CC(=O)C(CN1CCC(O)CC1)CN1CCCCC1O. The summed E-state index contributed by atoms with van der Waals surface area (Å²) in [4.78, 5) is 16.2. The summed E-state index contributed by atoms with van der Waals surface area (Å²) in [5.41, 5.74) is 0. The normalized spacial score (nSPS) is 28.4. The highest BCUT2D eigenvalue weighted by Crippen LogP contribution is 2.18. The van der Waals surface area contributed by atoms with Crippen LogP contribution in [0.25, 0.3) is 0 Å². The van der Waals surface area contributed by atoms with Crippen LogP contribution in [0.1, 0.15) is 39.0 Å². The number of likely N-dealkylation sites (tertiary alicyclic amines) is 2. The highest BCUT2D eigenvalue weighted by atomic mass is 16.3. The van der Waals surface area contributed by atoms with Gasteiger partial charge in [-0.3, -0.25) is 9.69 Å². The maximum Gasteiger partial charge on any atom is 0.135 e. The van der Waals surface area contributed by atoms with Crippen molar-refractivity contribution >= 4 is 5.78 Å². The molecule has 2 heterocycles. The Morgan fingerprint density at radius 3 is 2.40 bits per heavy atom. The molecule has 116 valence electrons. The number of aliphatic hydroxyl groups excluding tert-OH is 2. The van der Waals surface area contributed by atoms with Crippen LogP contribution in [-0.2, 0) is 4.79 Å². The Bertz CT molecular complexity index is 316. The molecule has 0 aromatic carbocycles. The van der Waals surface area contributed by atoms with Crippen LogP contribution >= 0.6 is 0 Å². The number of rotatable bonds is 5. The van der Waals surface area contributed by atoms with E-state index in [2.05, 4.69) is 4.90 Å². The molecular formula is C15H28N2O3. The van der Waals surface area contributed by atoms with Gasteiger partial charge in [-0.15, -0.1) is 0 Å². The molecule has 5 heteroatoms. The van der Waals surface area contributed by atoms with Crippen LogP contribution in [0.4, 0.5) is 0 Å². The topological polar surface area (TPSA) is 64.0 Å². The lowest BCUT2D eigenvalue weighted by Gasteiger charge is -2.37. The Morgan fingerprint density at radius 2 is 1.80 bits per heavy atom. The quantitative estimate of drug-likeness (QED) is 0.767. The molecule has 0 radical (unpaired) electrons. The number of Topliss-reactive ketones (excluding diaryl/α,β-unsaturated/α-hetero) is 1. The van der Waals surface area contributed by atoms with Crippen LogP contribution in [0, 0.1) is 5.92 Å². The predicted molar refractivity (Wildman–Crippen MR) is 77.3 cm³/mol. The summed E-state index contributed by atoms with van der Waals surface area (Å²) in [5, 5.41) is 19.5. The number of carbonyl (C=O) groups is 1. The summed E-state index contributed by atoms with van der Waals surface area (Å²) < 4.78 is 0. The largest absolute Gasteiger partial charge is 0.393 e. The average Bonchev–Trinajstić information content (AvgIpc) is 2.42. The van der Waals surface area contributed by atoms with E-state index in [0.29, 0.717) is 6.54 Å². The Labute approximate surface area is 121 Å². The zero-order chi connectivity index (χ0) is 14.5. The zero-order valence-electron chi connectivity index (χ0n) is 12.5. The summed E-state index contributed by atoms with van der Waals surface area (Å²) in [6.45, 7) is 5.70. The molecule has 0 amide bonds. The first-order valence-electron chi connectivity index (χ1n) is 7.89. The van der Waals surface area contributed by atoms with Crippen LogP contribution in [0.5, 0.6) is 0 Å². The van der Waals surface area contributed by atoms with Gasteiger partial charge in [0.05, 0.1) is 6.10 Å². The molecule has 2 aliphatic rings. The monoisotopic (exact) mass is 284 g/mol. The van der Waals surface area contributed by atoms with E-state index in [9.17, 15) is 15.0 Å². The minimum atomic E-state index is -0.381. The van der Waals surface area contributed by atoms with Gasteiger partial charge in [0, 0.05) is 38.6 Å². The molecule has 2 atom stereocenters. The summed E-state index contributed by atoms with van der Waals surface area (Å²) in [6, 6.07) is 0. The van der Waals surface area contributed by atoms with Gasteiger partial charge in [-0.05, 0) is 39.0 Å². The second-order valence-corrected chi connectivity index (χ2v) is 6.31. The van der Waals surface area contributed by atoms with Gasteiger partial charge in [0.15, 0.2) is 0 Å². The number of piperidine rings is 2. The Hall–Kier alpha value is -0.490. The number of hydrogen-bond acceptors (Lipinski definition) is 5. The van der Waals surface area contributed by atoms with Gasteiger partial charge in [0.2, 0.25) is 0 Å². The van der Waals surface area contributed by atoms with E-state index in [0.717, 1.165) is 58.3 Å². The van der Waals surface area contributed by atoms with Crippen molar-refractivity contribution in [1.82, 2.24) is 9.80 Å². The number of ketones is 1. The van der Waals surface area contributed by atoms with Crippen LogP contribution in [0.2, 0.25) is 0 Å². The van der Waals surface area contributed by atoms with Crippen LogP contribution in [-0.4, -0.2) is 70.9 Å². The molecule has 0 aromatic heterocycles. The van der Waals surface area contributed by atoms with Crippen molar-refractivity contribution < 1.29 is 15.0 Å². The third-order valence-electron chi connectivity index (χ3n) is 4.64. The van der Waals surface area contributed by atoms with Crippen molar-refractivity contribution in [3.05, 3.63) is 0 Å². The van der Waals surface area contributed by atoms with Crippen molar-refractivity contribution in [1.29, 1.82) is 0 Å². The number of carbonyl (C=O) groups excluding carboxylic acids is 1. The molecule has 2 fully saturated rings. The fourth-order valence-electron chi connectivity index (χ4n) is 3.20. The van der Waals surface area contributed by atoms with Gasteiger partial charge < -0.3 is 15.1 Å². The fraction of sp³-hybridized carbons (Fsp3) is 0.933. The molecule has 5 nitrogen and oxygen atoms in total. The highest BCUT2D eigenvalue weighted by Gasteiger charge is 2.27. The first-order chi connectivity index (χ1) is 9.56. The second kappa shape index (κ2) is 7.50. The molecule has 2 aliphatic heterocycles. The zero-order valence-corrected chi connectivity index (χ0v) is 12.5. The Balaban J connectivity index is 1.85. The Kier molecular flexibility index (Phi) is 5.96. The molecule has 2 rings (SSSR count). The van der Waals surface area contributed by atoms with Crippen molar-refractivity contribution in [2.45, 2.75) is 51.4 Å². The minimum absolute atomic E-state index is 0.0296. The second-order valence-electron chi connectivity index (χ2n) is 6.31.